The van der Waals surface area contributed by atoms with E-state index in [1.807, 2.05) is 24.3 Å². The molecule has 1 N–H and O–H groups in total. The van der Waals surface area contributed by atoms with Crippen molar-refractivity contribution in [2.75, 3.05) is 20.6 Å². The molecule has 2 aromatic rings. The molecule has 0 fully saturated rings. The highest BCUT2D eigenvalue weighted by atomic mass is 35.5. The number of nitrogens with one attached hydrogen (secondary N) is 1. The lowest BCUT2D eigenvalue weighted by molar-refractivity contribution is -0.128. The first-order chi connectivity index (χ1) is 9.09. The molecule has 1 aromatic carbocycles. The van der Waals surface area contributed by atoms with Crippen molar-refractivity contribution in [2.45, 2.75) is 13.0 Å². The number of nitrogens with zero attached hydrogens (tertiary/aromatic N) is 1. The number of benzene rings is 1. The molecule has 0 saturated heterocycles. The Morgan fingerprint density at radius 2 is 2.11 bits per heavy atom. The molecule has 102 valence electrons. The molecule has 19 heavy (non-hydrogen) atoms. The lowest BCUT2D eigenvalue weighted by Crippen LogP contribution is -2.26. The van der Waals surface area contributed by atoms with Crippen LogP contribution in [0.4, 0.5) is 0 Å². The Labute approximate surface area is 117 Å². The van der Waals surface area contributed by atoms with Gasteiger partial charge in [-0.1, -0.05) is 18.2 Å². The van der Waals surface area contributed by atoms with Crippen LogP contribution in [-0.2, 0) is 11.3 Å². The number of halogens is 1. The average molecular weight is 281 g/mol. The smallest absolute Gasteiger partial charge is 0.223 e. The highest BCUT2D eigenvalue weighted by Gasteiger charge is 2.11. The average Bonchev–Trinajstić information content (AvgIpc) is 2.70. The standard InChI is InChI=1S/C14H17ClN2O2/c1-17(2)13(18)7-8-16-9-11-10-5-3-4-6-12(10)19-14(11)15/h3-6,16H,7-9H2,1-2H3. The lowest BCUT2D eigenvalue weighted by atomic mass is 10.2. The molecule has 2 rings (SSSR count). The van der Waals surface area contributed by atoms with Crippen molar-refractivity contribution in [1.82, 2.24) is 10.2 Å². The lowest BCUT2D eigenvalue weighted by Gasteiger charge is -2.10. The van der Waals surface area contributed by atoms with E-state index in [2.05, 4.69) is 5.32 Å². The Hall–Kier alpha value is -1.52. The van der Waals surface area contributed by atoms with Gasteiger partial charge >= 0.3 is 0 Å². The molecular formula is C14H17ClN2O2. The van der Waals surface area contributed by atoms with E-state index >= 15 is 0 Å². The summed E-state index contributed by atoms with van der Waals surface area (Å²) in [5.74, 6) is 0.107. The molecule has 0 radical (unpaired) electrons. The maximum absolute atomic E-state index is 11.4. The van der Waals surface area contributed by atoms with Gasteiger partial charge in [0, 0.05) is 44.6 Å². The van der Waals surface area contributed by atoms with Gasteiger partial charge in [-0.05, 0) is 17.7 Å². The van der Waals surface area contributed by atoms with E-state index in [1.54, 1.807) is 19.0 Å². The second-order valence-electron chi connectivity index (χ2n) is 4.57. The number of carbonyl (C=O) groups is 1. The molecule has 0 bridgehead atoms. The predicted octanol–water partition coefficient (Wildman–Crippen LogP) is 2.65. The van der Waals surface area contributed by atoms with Gasteiger partial charge in [0.1, 0.15) is 5.58 Å². The first-order valence-electron chi connectivity index (χ1n) is 6.16. The monoisotopic (exact) mass is 280 g/mol. The van der Waals surface area contributed by atoms with Crippen LogP contribution in [0.2, 0.25) is 5.22 Å². The molecule has 4 nitrogen and oxygen atoms in total. The molecule has 0 aliphatic rings. The SMILES string of the molecule is CN(C)C(=O)CCNCc1c(Cl)oc2ccccc12. The summed E-state index contributed by atoms with van der Waals surface area (Å²) in [4.78, 5) is 13.0. The number of amides is 1. The molecule has 0 aliphatic carbocycles. The van der Waals surface area contributed by atoms with Crippen LogP contribution in [0, 0.1) is 0 Å². The van der Waals surface area contributed by atoms with Gasteiger partial charge in [0.25, 0.3) is 0 Å². The summed E-state index contributed by atoms with van der Waals surface area (Å²) >= 11 is 6.08. The highest BCUT2D eigenvalue weighted by Crippen LogP contribution is 2.29. The predicted molar refractivity (Wildman–Crippen MR) is 76.2 cm³/mol. The molecule has 1 heterocycles. The normalized spacial score (nSPS) is 10.9. The van der Waals surface area contributed by atoms with Gasteiger partial charge in [-0.25, -0.2) is 0 Å². The molecule has 1 amide bonds. The number of carbonyl (C=O) groups excluding carboxylic acids is 1. The zero-order chi connectivity index (χ0) is 13.8. The van der Waals surface area contributed by atoms with Crippen LogP contribution < -0.4 is 5.32 Å². The summed E-state index contributed by atoms with van der Waals surface area (Å²) < 4.78 is 5.47. The van der Waals surface area contributed by atoms with E-state index in [0.29, 0.717) is 24.7 Å². The van der Waals surface area contributed by atoms with Gasteiger partial charge in [-0.15, -0.1) is 0 Å². The minimum absolute atomic E-state index is 0.107. The van der Waals surface area contributed by atoms with E-state index in [0.717, 1.165) is 16.5 Å². The quantitative estimate of drug-likeness (QED) is 0.857. The Balaban J connectivity index is 1.95. The van der Waals surface area contributed by atoms with Crippen molar-refractivity contribution >= 4 is 28.5 Å². The zero-order valence-electron chi connectivity index (χ0n) is 11.1. The van der Waals surface area contributed by atoms with Crippen LogP contribution in [-0.4, -0.2) is 31.4 Å². The minimum Gasteiger partial charge on any atom is -0.444 e. The fourth-order valence-corrected chi connectivity index (χ4v) is 2.12. The maximum Gasteiger partial charge on any atom is 0.223 e. The zero-order valence-corrected chi connectivity index (χ0v) is 11.8. The van der Waals surface area contributed by atoms with Crippen LogP contribution in [0.5, 0.6) is 0 Å². The fraction of sp³-hybridized carbons (Fsp3) is 0.357. The van der Waals surface area contributed by atoms with Crippen molar-refractivity contribution in [3.8, 4) is 0 Å². The summed E-state index contributed by atoms with van der Waals surface area (Å²) in [6.45, 7) is 1.21. The molecule has 1 aromatic heterocycles. The van der Waals surface area contributed by atoms with Crippen LogP contribution in [0.3, 0.4) is 0 Å². The number of furan rings is 1. The second-order valence-corrected chi connectivity index (χ2v) is 4.91. The number of rotatable bonds is 5. The topological polar surface area (TPSA) is 45.5 Å². The Bertz CT molecular complexity index is 578. The molecule has 0 saturated carbocycles. The van der Waals surface area contributed by atoms with E-state index in [9.17, 15) is 4.79 Å². The first-order valence-corrected chi connectivity index (χ1v) is 6.54. The Morgan fingerprint density at radius 3 is 2.84 bits per heavy atom. The summed E-state index contributed by atoms with van der Waals surface area (Å²) in [5, 5.41) is 4.64. The Kier molecular flexibility index (Phi) is 4.45. The van der Waals surface area contributed by atoms with Crippen LogP contribution in [0.25, 0.3) is 11.0 Å². The summed E-state index contributed by atoms with van der Waals surface area (Å²) in [6.07, 6.45) is 0.473. The molecule has 5 heteroatoms. The van der Waals surface area contributed by atoms with Gasteiger partial charge in [-0.2, -0.15) is 0 Å². The van der Waals surface area contributed by atoms with E-state index in [-0.39, 0.29) is 5.91 Å². The third kappa shape index (κ3) is 3.28. The van der Waals surface area contributed by atoms with Gasteiger partial charge in [0.2, 0.25) is 5.91 Å². The van der Waals surface area contributed by atoms with Crippen molar-refractivity contribution in [3.05, 3.63) is 35.0 Å². The molecule has 0 aliphatic heterocycles. The minimum atomic E-state index is 0.107. The number of hydrogen-bond acceptors (Lipinski definition) is 3. The molecule has 0 unspecified atom stereocenters. The molecule has 0 spiro atoms. The number of hydrogen-bond donors (Lipinski definition) is 1. The number of para-hydroxylation sites is 1. The third-order valence-electron chi connectivity index (χ3n) is 2.97. The fourth-order valence-electron chi connectivity index (χ4n) is 1.87. The second kappa shape index (κ2) is 6.08. The molecule has 0 atom stereocenters. The van der Waals surface area contributed by atoms with E-state index < -0.39 is 0 Å². The van der Waals surface area contributed by atoms with Gasteiger partial charge < -0.3 is 14.6 Å². The van der Waals surface area contributed by atoms with Crippen LogP contribution in [0.15, 0.2) is 28.7 Å². The Morgan fingerprint density at radius 1 is 1.37 bits per heavy atom. The van der Waals surface area contributed by atoms with Crippen molar-refractivity contribution in [2.24, 2.45) is 0 Å². The van der Waals surface area contributed by atoms with Crippen molar-refractivity contribution < 1.29 is 9.21 Å². The van der Waals surface area contributed by atoms with Crippen molar-refractivity contribution in [1.29, 1.82) is 0 Å². The number of fused-ring (bicyclic) bond motifs is 1. The van der Waals surface area contributed by atoms with E-state index in [1.165, 1.54) is 0 Å². The summed E-state index contributed by atoms with van der Waals surface area (Å²) in [5.41, 5.74) is 1.73. The first kappa shape index (κ1) is 13.9. The molecular weight excluding hydrogens is 264 g/mol. The van der Waals surface area contributed by atoms with Crippen LogP contribution in [0.1, 0.15) is 12.0 Å². The van der Waals surface area contributed by atoms with Gasteiger partial charge in [0.05, 0.1) is 0 Å². The van der Waals surface area contributed by atoms with Crippen LogP contribution >= 0.6 is 11.6 Å². The van der Waals surface area contributed by atoms with Gasteiger partial charge in [0.15, 0.2) is 5.22 Å². The third-order valence-corrected chi connectivity index (χ3v) is 3.27. The summed E-state index contributed by atoms with van der Waals surface area (Å²) in [6, 6.07) is 7.73. The van der Waals surface area contributed by atoms with Crippen molar-refractivity contribution in [3.63, 3.8) is 0 Å². The maximum atomic E-state index is 11.4. The van der Waals surface area contributed by atoms with Gasteiger partial charge in [-0.3, -0.25) is 4.79 Å². The van der Waals surface area contributed by atoms with E-state index in [4.69, 9.17) is 16.0 Å². The highest BCUT2D eigenvalue weighted by molar-refractivity contribution is 6.30. The summed E-state index contributed by atoms with van der Waals surface area (Å²) in [7, 11) is 3.51. The largest absolute Gasteiger partial charge is 0.444 e.